The van der Waals surface area contributed by atoms with E-state index in [1.165, 1.54) is 64.7 Å². The largest absolute Gasteiger partial charge is 0.456 e. The Morgan fingerprint density at radius 3 is 1.95 bits per heavy atom. The van der Waals surface area contributed by atoms with Crippen molar-refractivity contribution in [3.05, 3.63) is 133 Å². The highest BCUT2D eigenvalue weighted by atomic mass is 32.2. The summed E-state index contributed by atoms with van der Waals surface area (Å²) in [5.41, 5.74) is 9.42. The molecule has 2 heteroatoms. The van der Waals surface area contributed by atoms with Crippen LogP contribution in [0.1, 0.15) is 0 Å². The summed E-state index contributed by atoms with van der Waals surface area (Å²) in [6.45, 7) is 0. The van der Waals surface area contributed by atoms with E-state index in [1.807, 2.05) is 23.9 Å². The average molecular weight is 527 g/mol. The van der Waals surface area contributed by atoms with Gasteiger partial charge in [-0.1, -0.05) is 115 Å². The van der Waals surface area contributed by atoms with Crippen LogP contribution in [0.2, 0.25) is 0 Å². The smallest absolute Gasteiger partial charge is 0.136 e. The minimum Gasteiger partial charge on any atom is -0.456 e. The molecule has 0 saturated heterocycles. The normalized spacial score (nSPS) is 12.4. The van der Waals surface area contributed by atoms with Crippen LogP contribution in [0.15, 0.2) is 148 Å². The molecule has 7 aromatic carbocycles. The Balaban J connectivity index is 1.26. The lowest BCUT2D eigenvalue weighted by atomic mass is 9.88. The Morgan fingerprint density at radius 2 is 1.02 bits per heavy atom. The maximum atomic E-state index is 6.23. The van der Waals surface area contributed by atoms with Crippen LogP contribution in [0, 0.1) is 0 Å². The zero-order valence-electron chi connectivity index (χ0n) is 21.5. The van der Waals surface area contributed by atoms with Crippen LogP contribution in [0.4, 0.5) is 0 Å². The molecule has 0 spiro atoms. The Bertz CT molecular complexity index is 2310. The molecule has 0 N–H and O–H groups in total. The molecule has 9 rings (SSSR count). The van der Waals surface area contributed by atoms with Crippen molar-refractivity contribution >= 4 is 55.2 Å². The van der Waals surface area contributed by atoms with E-state index in [1.54, 1.807) is 0 Å². The number of fused-ring (bicyclic) bond motifs is 6. The number of para-hydroxylation sites is 1. The van der Waals surface area contributed by atoms with Gasteiger partial charge in [0.2, 0.25) is 0 Å². The highest BCUT2D eigenvalue weighted by molar-refractivity contribution is 7.99. The van der Waals surface area contributed by atoms with E-state index in [4.69, 9.17) is 4.42 Å². The second kappa shape index (κ2) is 8.35. The van der Waals surface area contributed by atoms with E-state index in [-0.39, 0.29) is 0 Å². The van der Waals surface area contributed by atoms with Crippen LogP contribution in [0.3, 0.4) is 0 Å². The van der Waals surface area contributed by atoms with Crippen molar-refractivity contribution in [3.8, 4) is 33.4 Å². The summed E-state index contributed by atoms with van der Waals surface area (Å²) >= 11 is 1.88. The monoisotopic (exact) mass is 526 g/mol. The molecule has 186 valence electrons. The maximum Gasteiger partial charge on any atom is 0.136 e. The molecule has 1 nitrogen and oxygen atoms in total. The van der Waals surface area contributed by atoms with Gasteiger partial charge in [-0.05, 0) is 79.9 Å². The van der Waals surface area contributed by atoms with Crippen LogP contribution in [-0.4, -0.2) is 0 Å². The summed E-state index contributed by atoms with van der Waals surface area (Å²) in [6.07, 6.45) is 0. The van der Waals surface area contributed by atoms with Gasteiger partial charge >= 0.3 is 0 Å². The van der Waals surface area contributed by atoms with Gasteiger partial charge in [-0.15, -0.1) is 0 Å². The van der Waals surface area contributed by atoms with Crippen LogP contribution in [-0.2, 0) is 0 Å². The Hall–Kier alpha value is -4.79. The van der Waals surface area contributed by atoms with Crippen LogP contribution in [0.25, 0.3) is 76.9 Å². The van der Waals surface area contributed by atoms with Crippen molar-refractivity contribution in [2.75, 3.05) is 0 Å². The van der Waals surface area contributed by atoms with Crippen molar-refractivity contribution in [1.29, 1.82) is 0 Å². The van der Waals surface area contributed by atoms with Gasteiger partial charge in [0, 0.05) is 25.9 Å². The van der Waals surface area contributed by atoms with E-state index in [9.17, 15) is 0 Å². The number of rotatable bonds is 2. The van der Waals surface area contributed by atoms with Crippen LogP contribution >= 0.6 is 11.8 Å². The van der Waals surface area contributed by atoms with Crippen molar-refractivity contribution in [2.24, 2.45) is 0 Å². The molecule has 0 fully saturated rings. The van der Waals surface area contributed by atoms with Gasteiger partial charge in [-0.25, -0.2) is 0 Å². The number of hydrogen-bond acceptors (Lipinski definition) is 2. The molecule has 1 aliphatic heterocycles. The van der Waals surface area contributed by atoms with Crippen molar-refractivity contribution in [3.63, 3.8) is 0 Å². The molecule has 0 radical (unpaired) electrons. The SMILES string of the molecule is c1ccc2c(c1)Sc1ccc(-c3ccc(-c4ccc5c(c4)oc4ccccc45)c4ccccc34)c3cccc-2c13. The quantitative estimate of drug-likeness (QED) is 0.222. The minimum atomic E-state index is 0.924. The summed E-state index contributed by atoms with van der Waals surface area (Å²) < 4.78 is 6.23. The fraction of sp³-hybridized carbons (Fsp3) is 0. The summed E-state index contributed by atoms with van der Waals surface area (Å²) in [4.78, 5) is 2.65. The standard InChI is InChI=1S/C38H22OS/c1-2-9-26-25(8-1)24(23-16-17-30-29-10-3-5-14-34(29)39-35(30)22-23)18-19-27(26)28-20-21-37-38-32(28)12-7-13-33(38)31-11-4-6-15-36(31)40-37/h1-22H. The van der Waals surface area contributed by atoms with Crippen LogP contribution in [0.5, 0.6) is 0 Å². The predicted octanol–water partition coefficient (Wildman–Crippen LogP) is 11.4. The van der Waals surface area contributed by atoms with Gasteiger partial charge in [-0.2, -0.15) is 0 Å². The van der Waals surface area contributed by atoms with Gasteiger partial charge in [0.25, 0.3) is 0 Å². The summed E-state index contributed by atoms with van der Waals surface area (Å²) in [5, 5.41) is 7.48. The highest BCUT2D eigenvalue weighted by Crippen LogP contribution is 2.50. The molecule has 0 bridgehead atoms. The van der Waals surface area contributed by atoms with E-state index in [0.717, 1.165) is 21.9 Å². The van der Waals surface area contributed by atoms with Crippen molar-refractivity contribution < 1.29 is 4.42 Å². The number of hydrogen-bond donors (Lipinski definition) is 0. The van der Waals surface area contributed by atoms with Gasteiger partial charge in [0.05, 0.1) is 0 Å². The number of furan rings is 1. The second-order valence-electron chi connectivity index (χ2n) is 10.5. The first-order valence-corrected chi connectivity index (χ1v) is 14.4. The first-order chi connectivity index (χ1) is 19.8. The molecule has 2 heterocycles. The second-order valence-corrected chi connectivity index (χ2v) is 11.5. The maximum absolute atomic E-state index is 6.23. The van der Waals surface area contributed by atoms with E-state index in [2.05, 4.69) is 121 Å². The van der Waals surface area contributed by atoms with Crippen molar-refractivity contribution in [1.82, 2.24) is 0 Å². The first-order valence-electron chi connectivity index (χ1n) is 13.6. The molecule has 0 atom stereocenters. The molecular weight excluding hydrogens is 504 g/mol. The average Bonchev–Trinajstić information content (AvgIpc) is 3.39. The lowest BCUT2D eigenvalue weighted by molar-refractivity contribution is 0.669. The van der Waals surface area contributed by atoms with E-state index in [0.29, 0.717) is 0 Å². The molecule has 1 aromatic heterocycles. The predicted molar refractivity (Wildman–Crippen MR) is 169 cm³/mol. The summed E-state index contributed by atoms with van der Waals surface area (Å²) in [7, 11) is 0. The van der Waals surface area contributed by atoms with Gasteiger partial charge in [0.15, 0.2) is 0 Å². The minimum absolute atomic E-state index is 0.924. The molecule has 40 heavy (non-hydrogen) atoms. The molecular formula is C38H22OS. The zero-order valence-corrected chi connectivity index (χ0v) is 22.3. The summed E-state index contributed by atoms with van der Waals surface area (Å²) in [6, 6.07) is 48.3. The van der Waals surface area contributed by atoms with Gasteiger partial charge in [0.1, 0.15) is 11.2 Å². The Kier molecular flexibility index (Phi) is 4.61. The zero-order chi connectivity index (χ0) is 26.2. The third-order valence-electron chi connectivity index (χ3n) is 8.30. The third-order valence-corrected chi connectivity index (χ3v) is 9.44. The van der Waals surface area contributed by atoms with E-state index < -0.39 is 0 Å². The number of benzene rings is 7. The fourth-order valence-corrected chi connectivity index (χ4v) is 7.62. The molecule has 1 aliphatic rings. The topological polar surface area (TPSA) is 13.1 Å². The van der Waals surface area contributed by atoms with Gasteiger partial charge in [-0.3, -0.25) is 0 Å². The molecule has 0 unspecified atom stereocenters. The third kappa shape index (κ3) is 3.11. The molecule has 0 aliphatic carbocycles. The molecule has 8 aromatic rings. The van der Waals surface area contributed by atoms with Crippen LogP contribution < -0.4 is 0 Å². The molecule has 0 amide bonds. The Morgan fingerprint density at radius 1 is 0.375 bits per heavy atom. The Labute approximate surface area is 235 Å². The molecule has 0 saturated carbocycles. The van der Waals surface area contributed by atoms with Gasteiger partial charge < -0.3 is 4.42 Å². The highest BCUT2D eigenvalue weighted by Gasteiger charge is 2.21. The fourth-order valence-electron chi connectivity index (χ4n) is 6.49. The lowest BCUT2D eigenvalue weighted by Crippen LogP contribution is -1.94. The lowest BCUT2D eigenvalue weighted by Gasteiger charge is -2.22. The summed E-state index contributed by atoms with van der Waals surface area (Å²) in [5.74, 6) is 0. The van der Waals surface area contributed by atoms with Crippen molar-refractivity contribution in [2.45, 2.75) is 9.79 Å². The first kappa shape index (κ1) is 22.1. The van der Waals surface area contributed by atoms with E-state index >= 15 is 0 Å².